The third-order valence-corrected chi connectivity index (χ3v) is 2.85. The van der Waals surface area contributed by atoms with Crippen LogP contribution < -0.4 is 24.0 Å². The average molecular weight is 259 g/mol. The van der Waals surface area contributed by atoms with Gasteiger partial charge in [0.1, 0.15) is 0 Å². The second-order valence-electron chi connectivity index (χ2n) is 3.48. The molecule has 2 aromatic rings. The van der Waals surface area contributed by atoms with E-state index in [-0.39, 0.29) is 18.9 Å². The molecular formula is C13H9Cl2LiO. The summed E-state index contributed by atoms with van der Waals surface area (Å²) in [6.07, 6.45) is -0.894. The molecule has 0 fully saturated rings. The van der Waals surface area contributed by atoms with Crippen LogP contribution in [0.3, 0.4) is 0 Å². The van der Waals surface area contributed by atoms with Crippen LogP contribution in [0.4, 0.5) is 0 Å². The van der Waals surface area contributed by atoms with Crippen LogP contribution >= 0.6 is 23.2 Å². The minimum atomic E-state index is -0.894. The molecular weight excluding hydrogens is 250 g/mol. The van der Waals surface area contributed by atoms with Gasteiger partial charge >= 0.3 is 18.9 Å². The van der Waals surface area contributed by atoms with Gasteiger partial charge in [0, 0.05) is 10.0 Å². The average Bonchev–Trinajstić information content (AvgIpc) is 2.30. The normalized spacial score (nSPS) is 10.1. The van der Waals surface area contributed by atoms with Crippen LogP contribution in [-0.4, -0.2) is 0 Å². The summed E-state index contributed by atoms with van der Waals surface area (Å²) >= 11 is 11.5. The summed E-state index contributed by atoms with van der Waals surface area (Å²) in [5.74, 6) is 0. The van der Waals surface area contributed by atoms with Gasteiger partial charge in [-0.2, -0.15) is 0 Å². The molecule has 2 aromatic carbocycles. The van der Waals surface area contributed by atoms with E-state index in [9.17, 15) is 5.11 Å². The van der Waals surface area contributed by atoms with Crippen LogP contribution in [0.25, 0.3) is 0 Å². The molecule has 0 aromatic heterocycles. The van der Waals surface area contributed by atoms with Crippen LogP contribution in [0.1, 0.15) is 17.2 Å². The van der Waals surface area contributed by atoms with Crippen LogP contribution in [-0.2, 0) is 0 Å². The third-order valence-electron chi connectivity index (χ3n) is 2.35. The van der Waals surface area contributed by atoms with Gasteiger partial charge in [-0.05, 0) is 24.3 Å². The smallest absolute Gasteiger partial charge is 0.845 e. The zero-order valence-corrected chi connectivity index (χ0v) is 10.9. The van der Waals surface area contributed by atoms with E-state index in [1.807, 2.05) is 0 Å². The van der Waals surface area contributed by atoms with Gasteiger partial charge in [0.05, 0.1) is 0 Å². The predicted octanol–water partition coefficient (Wildman–Crippen LogP) is 0.447. The molecule has 0 saturated carbocycles. The van der Waals surface area contributed by atoms with Crippen molar-refractivity contribution < 1.29 is 24.0 Å². The van der Waals surface area contributed by atoms with Gasteiger partial charge in [-0.25, -0.2) is 0 Å². The molecule has 0 spiro atoms. The van der Waals surface area contributed by atoms with Crippen molar-refractivity contribution in [3.8, 4) is 0 Å². The summed E-state index contributed by atoms with van der Waals surface area (Å²) in [5, 5.41) is 13.3. The summed E-state index contributed by atoms with van der Waals surface area (Å²) in [7, 11) is 0. The topological polar surface area (TPSA) is 23.1 Å². The fraction of sp³-hybridized carbons (Fsp3) is 0.0769. The Morgan fingerprint density at radius 1 is 0.706 bits per heavy atom. The second-order valence-corrected chi connectivity index (χ2v) is 4.36. The van der Waals surface area contributed by atoms with E-state index in [2.05, 4.69) is 0 Å². The van der Waals surface area contributed by atoms with E-state index in [1.54, 1.807) is 48.5 Å². The maximum Gasteiger partial charge on any atom is 1.00 e. The standard InChI is InChI=1S/C13H9Cl2O.Li/c14-11-5-1-9(2-6-11)13(16)10-3-7-12(15)8-4-10;/h1-8,13H;/q-1;+1. The molecule has 17 heavy (non-hydrogen) atoms. The van der Waals surface area contributed by atoms with Crippen molar-refractivity contribution in [2.75, 3.05) is 0 Å². The van der Waals surface area contributed by atoms with Gasteiger partial charge in [0.2, 0.25) is 0 Å². The molecule has 0 N–H and O–H groups in total. The maximum atomic E-state index is 12.1. The molecule has 0 aliphatic heterocycles. The number of hydrogen-bond donors (Lipinski definition) is 0. The van der Waals surface area contributed by atoms with Gasteiger partial charge in [-0.1, -0.05) is 64.7 Å². The van der Waals surface area contributed by atoms with Gasteiger partial charge in [0.25, 0.3) is 0 Å². The van der Waals surface area contributed by atoms with E-state index in [0.717, 1.165) is 0 Å². The van der Waals surface area contributed by atoms with Crippen molar-refractivity contribution in [3.05, 3.63) is 69.7 Å². The molecule has 0 atom stereocenters. The quantitative estimate of drug-likeness (QED) is 0.718. The fourth-order valence-electron chi connectivity index (χ4n) is 1.47. The summed E-state index contributed by atoms with van der Waals surface area (Å²) in [6.45, 7) is 0. The molecule has 0 aliphatic carbocycles. The first-order valence-corrected chi connectivity index (χ1v) is 5.59. The van der Waals surface area contributed by atoms with E-state index >= 15 is 0 Å². The largest absolute Gasteiger partial charge is 1.00 e. The molecule has 2 rings (SSSR count). The SMILES string of the molecule is [Li+].[O-]C(c1ccc(Cl)cc1)c1ccc(Cl)cc1. The summed E-state index contributed by atoms with van der Waals surface area (Å²) in [6, 6.07) is 13.9. The monoisotopic (exact) mass is 258 g/mol. The zero-order chi connectivity index (χ0) is 11.5. The van der Waals surface area contributed by atoms with E-state index in [4.69, 9.17) is 23.2 Å². The minimum Gasteiger partial charge on any atom is -0.845 e. The number of halogens is 2. The molecule has 0 amide bonds. The molecule has 82 valence electrons. The van der Waals surface area contributed by atoms with E-state index in [0.29, 0.717) is 21.2 Å². The first-order chi connectivity index (χ1) is 7.66. The predicted molar refractivity (Wildman–Crippen MR) is 64.7 cm³/mol. The zero-order valence-electron chi connectivity index (χ0n) is 9.36. The summed E-state index contributed by atoms with van der Waals surface area (Å²) in [4.78, 5) is 0. The Hall–Kier alpha value is -0.423. The van der Waals surface area contributed by atoms with Crippen LogP contribution in [0.5, 0.6) is 0 Å². The number of benzene rings is 2. The van der Waals surface area contributed by atoms with Crippen LogP contribution in [0.2, 0.25) is 10.0 Å². The van der Waals surface area contributed by atoms with E-state index < -0.39 is 6.10 Å². The van der Waals surface area contributed by atoms with Crippen molar-refractivity contribution >= 4 is 23.2 Å². The third kappa shape index (κ3) is 3.78. The molecule has 0 bridgehead atoms. The van der Waals surface area contributed by atoms with Gasteiger partial charge in [0.15, 0.2) is 0 Å². The summed E-state index contributed by atoms with van der Waals surface area (Å²) < 4.78 is 0. The van der Waals surface area contributed by atoms with Crippen LogP contribution in [0, 0.1) is 0 Å². The molecule has 0 saturated heterocycles. The van der Waals surface area contributed by atoms with E-state index in [1.165, 1.54) is 0 Å². The first kappa shape index (κ1) is 14.6. The second kappa shape index (κ2) is 6.49. The molecule has 0 heterocycles. The Morgan fingerprint density at radius 2 is 1.00 bits per heavy atom. The number of rotatable bonds is 2. The Labute approximate surface area is 123 Å². The van der Waals surface area contributed by atoms with Crippen LogP contribution in [0.15, 0.2) is 48.5 Å². The van der Waals surface area contributed by atoms with Crippen molar-refractivity contribution in [2.24, 2.45) is 0 Å². The van der Waals surface area contributed by atoms with Gasteiger partial charge in [-0.15, -0.1) is 0 Å². The fourth-order valence-corrected chi connectivity index (χ4v) is 1.72. The Balaban J connectivity index is 0.00000144. The first-order valence-electron chi connectivity index (χ1n) is 4.83. The molecule has 0 aliphatic rings. The molecule has 1 nitrogen and oxygen atoms in total. The Morgan fingerprint density at radius 3 is 1.29 bits per heavy atom. The van der Waals surface area contributed by atoms with Gasteiger partial charge in [-0.3, -0.25) is 0 Å². The van der Waals surface area contributed by atoms with Gasteiger partial charge < -0.3 is 5.11 Å². The Bertz CT molecular complexity index is 422. The summed E-state index contributed by atoms with van der Waals surface area (Å²) in [5.41, 5.74) is 1.40. The molecule has 0 unspecified atom stereocenters. The number of hydrogen-bond acceptors (Lipinski definition) is 1. The van der Waals surface area contributed by atoms with Crippen molar-refractivity contribution in [2.45, 2.75) is 6.10 Å². The van der Waals surface area contributed by atoms with Crippen molar-refractivity contribution in [1.29, 1.82) is 0 Å². The Kier molecular flexibility index (Phi) is 5.59. The molecule has 4 heteroatoms. The minimum absolute atomic E-state index is 0. The molecule has 0 radical (unpaired) electrons. The maximum absolute atomic E-state index is 12.1. The van der Waals surface area contributed by atoms with Crippen molar-refractivity contribution in [1.82, 2.24) is 0 Å². The van der Waals surface area contributed by atoms with Crippen molar-refractivity contribution in [3.63, 3.8) is 0 Å².